The van der Waals surface area contributed by atoms with Crippen molar-refractivity contribution in [3.05, 3.63) is 41.0 Å². The minimum Gasteiger partial charge on any atom is -0.485 e. The molecule has 11 heteroatoms. The van der Waals surface area contributed by atoms with Gasteiger partial charge in [-0.1, -0.05) is 28.9 Å². The van der Waals surface area contributed by atoms with Gasteiger partial charge >= 0.3 is 12.1 Å². The molecule has 1 heterocycles. The van der Waals surface area contributed by atoms with Crippen molar-refractivity contribution in [2.75, 3.05) is 12.4 Å². The molecule has 2 rings (SSSR count). The van der Waals surface area contributed by atoms with Crippen LogP contribution in [0.2, 0.25) is 0 Å². The normalized spacial score (nSPS) is 12.9. The maximum Gasteiger partial charge on any atom is 0.456 e. The van der Waals surface area contributed by atoms with E-state index in [1.54, 1.807) is 6.07 Å². The van der Waals surface area contributed by atoms with Crippen LogP contribution in [-0.4, -0.2) is 37.9 Å². The lowest BCUT2D eigenvalue weighted by atomic mass is 10.1. The Balaban J connectivity index is 2.29. The van der Waals surface area contributed by atoms with Crippen LogP contribution in [0.1, 0.15) is 6.92 Å². The van der Waals surface area contributed by atoms with Crippen LogP contribution in [0, 0.1) is 0 Å². The zero-order chi connectivity index (χ0) is 20.5. The number of ether oxygens (including phenoxy) is 1. The number of sulfone groups is 1. The second-order valence-electron chi connectivity index (χ2n) is 5.41. The fourth-order valence-corrected chi connectivity index (χ4v) is 3.64. The Morgan fingerprint density at radius 1 is 1.11 bits per heavy atom. The second kappa shape index (κ2) is 7.70. The summed E-state index contributed by atoms with van der Waals surface area (Å²) >= 11 is 3.19. The van der Waals surface area contributed by atoms with E-state index in [1.807, 2.05) is 0 Å². The number of hydrogen-bond donors (Lipinski definition) is 0. The number of alkyl halides is 5. The second-order valence-corrected chi connectivity index (χ2v) is 8.58. The molecule has 27 heavy (non-hydrogen) atoms. The van der Waals surface area contributed by atoms with Gasteiger partial charge in [0.1, 0.15) is 5.75 Å². The molecule has 0 bridgehead atoms. The van der Waals surface area contributed by atoms with E-state index in [-0.39, 0.29) is 27.7 Å². The number of pyridine rings is 1. The lowest BCUT2D eigenvalue weighted by molar-refractivity contribution is -0.290. The third kappa shape index (κ3) is 4.95. The van der Waals surface area contributed by atoms with E-state index >= 15 is 0 Å². The molecule has 1 aromatic heterocycles. The number of nitrogens with zero attached hydrogens (tertiary/aromatic N) is 1. The fourth-order valence-electron chi connectivity index (χ4n) is 2.00. The number of halogens is 6. The van der Waals surface area contributed by atoms with Crippen LogP contribution in [0.5, 0.6) is 5.75 Å². The highest BCUT2D eigenvalue weighted by Crippen LogP contribution is 2.36. The van der Waals surface area contributed by atoms with Gasteiger partial charge in [-0.3, -0.25) is 4.98 Å². The molecular weight excluding hydrogens is 461 g/mol. The van der Waals surface area contributed by atoms with Crippen LogP contribution in [0.25, 0.3) is 11.3 Å². The van der Waals surface area contributed by atoms with Crippen molar-refractivity contribution in [2.24, 2.45) is 0 Å². The Hall–Kier alpha value is -1.75. The zero-order valence-corrected chi connectivity index (χ0v) is 16.1. The van der Waals surface area contributed by atoms with Gasteiger partial charge in [-0.15, -0.1) is 0 Å². The topological polar surface area (TPSA) is 56.3 Å². The van der Waals surface area contributed by atoms with Crippen LogP contribution in [0.15, 0.2) is 45.9 Å². The van der Waals surface area contributed by atoms with Crippen LogP contribution in [0.4, 0.5) is 22.0 Å². The summed E-state index contributed by atoms with van der Waals surface area (Å²) in [4.78, 5) is 3.94. The van der Waals surface area contributed by atoms with Crippen molar-refractivity contribution in [1.29, 1.82) is 0 Å². The highest BCUT2D eigenvalue weighted by atomic mass is 79.9. The molecule has 0 amide bonds. The van der Waals surface area contributed by atoms with Crippen LogP contribution in [0.3, 0.4) is 0 Å². The Bertz CT molecular complexity index is 915. The molecule has 2 aromatic rings. The first-order chi connectivity index (χ1) is 12.4. The Morgan fingerprint density at radius 3 is 2.30 bits per heavy atom. The predicted molar refractivity (Wildman–Crippen MR) is 91.6 cm³/mol. The Kier molecular flexibility index (Phi) is 6.15. The molecule has 0 saturated heterocycles. The zero-order valence-electron chi connectivity index (χ0n) is 13.7. The minimum atomic E-state index is -5.72. The molecule has 0 spiro atoms. The van der Waals surface area contributed by atoms with Crippen LogP contribution < -0.4 is 4.74 Å². The van der Waals surface area contributed by atoms with E-state index in [0.29, 0.717) is 4.47 Å². The summed E-state index contributed by atoms with van der Waals surface area (Å²) in [5.74, 6) is -5.45. The summed E-state index contributed by atoms with van der Waals surface area (Å²) in [7, 11) is -3.58. The third-order valence-electron chi connectivity index (χ3n) is 3.51. The molecule has 0 aliphatic rings. The predicted octanol–water partition coefficient (Wildman–Crippen LogP) is 4.88. The van der Waals surface area contributed by atoms with Crippen molar-refractivity contribution >= 4 is 25.8 Å². The maximum atomic E-state index is 12.9. The molecule has 0 aliphatic carbocycles. The van der Waals surface area contributed by atoms with Gasteiger partial charge in [0.05, 0.1) is 22.5 Å². The average Bonchev–Trinajstić information content (AvgIpc) is 2.59. The Morgan fingerprint density at radius 2 is 1.78 bits per heavy atom. The number of hydrogen-bond acceptors (Lipinski definition) is 4. The molecule has 1 aromatic carbocycles. The van der Waals surface area contributed by atoms with Crippen LogP contribution in [-0.2, 0) is 9.84 Å². The lowest BCUT2D eigenvalue weighted by Gasteiger charge is -2.19. The number of aromatic nitrogens is 1. The van der Waals surface area contributed by atoms with E-state index in [4.69, 9.17) is 0 Å². The van der Waals surface area contributed by atoms with E-state index in [2.05, 4.69) is 25.7 Å². The molecule has 148 valence electrons. The molecule has 0 N–H and O–H groups in total. The first-order valence-electron chi connectivity index (χ1n) is 7.43. The van der Waals surface area contributed by atoms with Gasteiger partial charge in [-0.05, 0) is 24.3 Å². The summed E-state index contributed by atoms with van der Waals surface area (Å²) < 4.78 is 91.7. The molecule has 0 saturated carbocycles. The van der Waals surface area contributed by atoms with Gasteiger partial charge in [0.15, 0.2) is 16.4 Å². The van der Waals surface area contributed by atoms with Gasteiger partial charge < -0.3 is 4.74 Å². The van der Waals surface area contributed by atoms with Crippen molar-refractivity contribution < 1.29 is 35.1 Å². The average molecular weight is 474 g/mol. The van der Waals surface area contributed by atoms with E-state index in [9.17, 15) is 30.4 Å². The van der Waals surface area contributed by atoms with E-state index in [1.165, 1.54) is 25.1 Å². The van der Waals surface area contributed by atoms with Gasteiger partial charge in [0.25, 0.3) is 0 Å². The quantitative estimate of drug-likeness (QED) is 0.561. The molecule has 0 atom stereocenters. The highest BCUT2D eigenvalue weighted by Gasteiger charge is 2.58. The molecule has 0 radical (unpaired) electrons. The Labute approximate surface area is 160 Å². The van der Waals surface area contributed by atoms with Gasteiger partial charge in [0, 0.05) is 10.0 Å². The molecule has 0 fully saturated rings. The van der Waals surface area contributed by atoms with Crippen molar-refractivity contribution in [3.63, 3.8) is 0 Å². The minimum absolute atomic E-state index is 0.0177. The summed E-state index contributed by atoms with van der Waals surface area (Å²) in [6, 6.07) is 6.93. The van der Waals surface area contributed by atoms with Gasteiger partial charge in [-0.2, -0.15) is 22.0 Å². The fraction of sp³-hybridized carbons (Fsp3) is 0.312. The number of rotatable bonds is 6. The number of benzene rings is 1. The third-order valence-corrected chi connectivity index (χ3v) is 5.77. The molecule has 0 aliphatic heterocycles. The van der Waals surface area contributed by atoms with E-state index < -0.39 is 28.5 Å². The standard InChI is InChI=1S/C16H13BrF5NO3S/c1-2-27(24,25)14-7-10(17)3-5-12(14)13-6-4-11(8-23-13)26-9-15(18,19)16(20,21)22/h3-8H,2,9H2,1H3. The van der Waals surface area contributed by atoms with Crippen molar-refractivity contribution in [3.8, 4) is 17.0 Å². The summed E-state index contributed by atoms with van der Waals surface area (Å²) in [5, 5.41) is 0. The lowest BCUT2D eigenvalue weighted by Crippen LogP contribution is -2.41. The van der Waals surface area contributed by atoms with Crippen LogP contribution >= 0.6 is 15.9 Å². The monoisotopic (exact) mass is 473 g/mol. The van der Waals surface area contributed by atoms with Crippen molar-refractivity contribution in [1.82, 2.24) is 4.98 Å². The summed E-state index contributed by atoms with van der Waals surface area (Å²) in [5.41, 5.74) is 0.469. The summed E-state index contributed by atoms with van der Waals surface area (Å²) in [6.07, 6.45) is -4.77. The summed E-state index contributed by atoms with van der Waals surface area (Å²) in [6.45, 7) is -0.406. The van der Waals surface area contributed by atoms with Crippen molar-refractivity contribution in [2.45, 2.75) is 23.9 Å². The van der Waals surface area contributed by atoms with Gasteiger partial charge in [-0.25, -0.2) is 8.42 Å². The SMILES string of the molecule is CCS(=O)(=O)c1cc(Br)ccc1-c1ccc(OCC(F)(F)C(F)(F)F)cn1. The first-order valence-corrected chi connectivity index (χ1v) is 9.88. The molecule has 4 nitrogen and oxygen atoms in total. The first kappa shape index (κ1) is 21.5. The molecule has 0 unspecified atom stereocenters. The smallest absolute Gasteiger partial charge is 0.456 e. The largest absolute Gasteiger partial charge is 0.485 e. The molecular formula is C16H13BrF5NO3S. The highest BCUT2D eigenvalue weighted by molar-refractivity contribution is 9.10. The maximum absolute atomic E-state index is 12.9. The van der Waals surface area contributed by atoms with Gasteiger partial charge in [0.2, 0.25) is 0 Å². The van der Waals surface area contributed by atoms with E-state index in [0.717, 1.165) is 12.3 Å².